The predicted octanol–water partition coefficient (Wildman–Crippen LogP) is 0.665. The van der Waals surface area contributed by atoms with E-state index in [-0.39, 0.29) is 11.9 Å². The minimum Gasteiger partial charge on any atom is -0.469 e. The van der Waals surface area contributed by atoms with Gasteiger partial charge in [-0.2, -0.15) is 0 Å². The van der Waals surface area contributed by atoms with Crippen molar-refractivity contribution in [2.75, 3.05) is 7.11 Å². The predicted molar refractivity (Wildman–Crippen MR) is 54.5 cm³/mol. The molecule has 0 aromatic rings. The van der Waals surface area contributed by atoms with Gasteiger partial charge in [-0.3, -0.25) is 14.4 Å². The molecule has 0 spiro atoms. The number of esters is 3. The van der Waals surface area contributed by atoms with E-state index in [1.165, 1.54) is 7.11 Å². The summed E-state index contributed by atoms with van der Waals surface area (Å²) < 4.78 is 9.57. The van der Waals surface area contributed by atoms with Crippen molar-refractivity contribution in [2.24, 2.45) is 23.2 Å². The van der Waals surface area contributed by atoms with Crippen molar-refractivity contribution in [2.45, 2.75) is 25.7 Å². The molecule has 1 saturated heterocycles. The molecule has 5 nitrogen and oxygen atoms in total. The number of carbonyl (C=O) groups is 3. The third-order valence-electron chi connectivity index (χ3n) is 4.70. The maximum atomic E-state index is 12.0. The first-order valence-corrected chi connectivity index (χ1v) is 5.94. The van der Waals surface area contributed by atoms with Crippen LogP contribution in [0.2, 0.25) is 0 Å². The Hall–Kier alpha value is -1.39. The Kier molecular flexibility index (Phi) is 2.09. The van der Waals surface area contributed by atoms with Crippen LogP contribution in [0.25, 0.3) is 0 Å². The minimum absolute atomic E-state index is 0.200. The molecule has 4 rings (SSSR count). The van der Waals surface area contributed by atoms with E-state index in [0.29, 0.717) is 12.8 Å². The topological polar surface area (TPSA) is 69.7 Å². The number of carbonyl (C=O) groups excluding carboxylic acids is 3. The van der Waals surface area contributed by atoms with Gasteiger partial charge >= 0.3 is 17.9 Å². The molecule has 3 saturated carbocycles. The van der Waals surface area contributed by atoms with Gasteiger partial charge in [-0.05, 0) is 31.6 Å². The smallest absolute Gasteiger partial charge is 0.318 e. The van der Waals surface area contributed by atoms with E-state index in [1.807, 2.05) is 0 Å². The molecule has 2 atom stereocenters. The standard InChI is InChI=1S/C12H14O5/c1-16-11(15)12-4-2-6(3-5-12)7-8(12)10(14)17-9(7)13/h6-8H,2-5H2,1H3. The third kappa shape index (κ3) is 1.17. The molecular formula is C12H14O5. The van der Waals surface area contributed by atoms with Crippen LogP contribution < -0.4 is 0 Å². The van der Waals surface area contributed by atoms with Gasteiger partial charge in [0.15, 0.2) is 0 Å². The van der Waals surface area contributed by atoms with Crippen molar-refractivity contribution >= 4 is 17.9 Å². The van der Waals surface area contributed by atoms with Gasteiger partial charge < -0.3 is 9.47 Å². The highest BCUT2D eigenvalue weighted by molar-refractivity contribution is 6.00. The van der Waals surface area contributed by atoms with Gasteiger partial charge in [0, 0.05) is 0 Å². The van der Waals surface area contributed by atoms with Crippen LogP contribution in [0.4, 0.5) is 0 Å². The number of hydrogen-bond acceptors (Lipinski definition) is 5. The molecule has 0 N–H and O–H groups in total. The zero-order valence-corrected chi connectivity index (χ0v) is 9.60. The molecule has 4 fully saturated rings. The van der Waals surface area contributed by atoms with Crippen molar-refractivity contribution < 1.29 is 23.9 Å². The summed E-state index contributed by atoms with van der Waals surface area (Å²) in [6.07, 6.45) is 2.87. The zero-order chi connectivity index (χ0) is 12.2. The second-order valence-electron chi connectivity index (χ2n) is 5.23. The van der Waals surface area contributed by atoms with Crippen molar-refractivity contribution in [3.63, 3.8) is 0 Å². The number of methoxy groups -OCH3 is 1. The second kappa shape index (κ2) is 3.31. The van der Waals surface area contributed by atoms with E-state index in [2.05, 4.69) is 0 Å². The van der Waals surface area contributed by atoms with E-state index in [1.54, 1.807) is 0 Å². The fourth-order valence-corrected chi connectivity index (χ4v) is 3.91. The number of ether oxygens (including phenoxy) is 2. The van der Waals surface area contributed by atoms with Crippen LogP contribution in [0.5, 0.6) is 0 Å². The van der Waals surface area contributed by atoms with Crippen LogP contribution >= 0.6 is 0 Å². The van der Waals surface area contributed by atoms with E-state index in [9.17, 15) is 14.4 Å². The molecule has 92 valence electrons. The molecule has 0 aromatic carbocycles. The van der Waals surface area contributed by atoms with E-state index < -0.39 is 29.2 Å². The Balaban J connectivity index is 2.06. The van der Waals surface area contributed by atoms with E-state index in [0.717, 1.165) is 12.8 Å². The van der Waals surface area contributed by atoms with E-state index >= 15 is 0 Å². The maximum Gasteiger partial charge on any atom is 0.318 e. The average Bonchev–Trinajstić information content (AvgIpc) is 2.68. The molecule has 0 amide bonds. The van der Waals surface area contributed by atoms with Crippen molar-refractivity contribution in [3.05, 3.63) is 0 Å². The fourth-order valence-electron chi connectivity index (χ4n) is 3.91. The normalized spacial score (nSPS) is 43.2. The number of fused-ring (bicyclic) bond motifs is 2. The fraction of sp³-hybridized carbons (Fsp3) is 0.750. The van der Waals surface area contributed by atoms with Gasteiger partial charge in [-0.25, -0.2) is 0 Å². The van der Waals surface area contributed by atoms with E-state index in [4.69, 9.17) is 9.47 Å². The first kappa shape index (κ1) is 10.7. The molecule has 5 heteroatoms. The number of cyclic esters (lactones) is 2. The molecule has 17 heavy (non-hydrogen) atoms. The summed E-state index contributed by atoms with van der Waals surface area (Å²) in [6, 6.07) is 0. The lowest BCUT2D eigenvalue weighted by Crippen LogP contribution is -2.54. The van der Waals surface area contributed by atoms with Gasteiger partial charge in [0.25, 0.3) is 0 Å². The quantitative estimate of drug-likeness (QED) is 0.496. The molecule has 2 bridgehead atoms. The summed E-state index contributed by atoms with van der Waals surface area (Å²) in [5, 5.41) is 0. The Bertz CT molecular complexity index is 405. The highest BCUT2D eigenvalue weighted by Gasteiger charge is 2.66. The maximum absolute atomic E-state index is 12.0. The highest BCUT2D eigenvalue weighted by Crippen LogP contribution is 2.59. The third-order valence-corrected chi connectivity index (χ3v) is 4.70. The summed E-state index contributed by atoms with van der Waals surface area (Å²) in [7, 11) is 1.33. The minimum atomic E-state index is -0.808. The molecular weight excluding hydrogens is 224 g/mol. The Labute approximate surface area is 98.4 Å². The molecule has 1 heterocycles. The first-order valence-electron chi connectivity index (χ1n) is 5.94. The van der Waals surface area contributed by atoms with Crippen LogP contribution in [-0.4, -0.2) is 25.0 Å². The summed E-state index contributed by atoms with van der Waals surface area (Å²) in [6.45, 7) is 0. The van der Waals surface area contributed by atoms with Gasteiger partial charge in [-0.1, -0.05) is 0 Å². The first-order chi connectivity index (χ1) is 8.10. The largest absolute Gasteiger partial charge is 0.469 e. The van der Waals surface area contributed by atoms with Crippen LogP contribution in [-0.2, 0) is 23.9 Å². The highest BCUT2D eigenvalue weighted by atomic mass is 16.6. The van der Waals surface area contributed by atoms with Gasteiger partial charge in [-0.15, -0.1) is 0 Å². The lowest BCUT2D eigenvalue weighted by molar-refractivity contribution is -0.173. The van der Waals surface area contributed by atoms with Crippen LogP contribution in [0.3, 0.4) is 0 Å². The van der Waals surface area contributed by atoms with Crippen LogP contribution in [0.1, 0.15) is 25.7 Å². The van der Waals surface area contributed by atoms with Gasteiger partial charge in [0.1, 0.15) is 0 Å². The van der Waals surface area contributed by atoms with Crippen molar-refractivity contribution in [3.8, 4) is 0 Å². The molecule has 3 aliphatic carbocycles. The van der Waals surface area contributed by atoms with Gasteiger partial charge in [0.05, 0.1) is 24.4 Å². The average molecular weight is 238 g/mol. The van der Waals surface area contributed by atoms with Gasteiger partial charge in [0.2, 0.25) is 0 Å². The molecule has 1 aliphatic heterocycles. The number of rotatable bonds is 1. The molecule has 0 aromatic heterocycles. The van der Waals surface area contributed by atoms with Crippen molar-refractivity contribution in [1.29, 1.82) is 0 Å². The summed E-state index contributed by atoms with van der Waals surface area (Å²) in [5.41, 5.74) is -0.808. The molecule has 2 unspecified atom stereocenters. The molecule has 4 aliphatic rings. The lowest BCUT2D eigenvalue weighted by atomic mass is 9.51. The Morgan fingerprint density at radius 3 is 2.53 bits per heavy atom. The van der Waals surface area contributed by atoms with Crippen LogP contribution in [0.15, 0.2) is 0 Å². The van der Waals surface area contributed by atoms with Crippen molar-refractivity contribution in [1.82, 2.24) is 0 Å². The summed E-state index contributed by atoms with van der Waals surface area (Å²) in [5.74, 6) is -2.16. The summed E-state index contributed by atoms with van der Waals surface area (Å²) in [4.78, 5) is 35.4. The lowest BCUT2D eigenvalue weighted by Gasteiger charge is -2.49. The summed E-state index contributed by atoms with van der Waals surface area (Å²) >= 11 is 0. The monoisotopic (exact) mass is 238 g/mol. The Morgan fingerprint density at radius 2 is 1.94 bits per heavy atom. The molecule has 0 radical (unpaired) electrons. The zero-order valence-electron chi connectivity index (χ0n) is 9.60. The Morgan fingerprint density at radius 1 is 1.29 bits per heavy atom. The second-order valence-corrected chi connectivity index (χ2v) is 5.23. The SMILES string of the molecule is COC(=O)C12CCC(CC1)C1C(=O)OC(=O)C12. The number of hydrogen-bond donors (Lipinski definition) is 0. The van der Waals surface area contributed by atoms with Crippen LogP contribution in [0, 0.1) is 23.2 Å².